The number of nitrogens with zero attached hydrogens (tertiary/aromatic N) is 2. The van der Waals surface area contributed by atoms with Gasteiger partial charge in [0, 0.05) is 24.2 Å². The van der Waals surface area contributed by atoms with Gasteiger partial charge in [-0.3, -0.25) is 4.68 Å². The summed E-state index contributed by atoms with van der Waals surface area (Å²) in [7, 11) is 0. The van der Waals surface area contributed by atoms with E-state index in [1.165, 1.54) is 16.9 Å². The van der Waals surface area contributed by atoms with E-state index >= 15 is 0 Å². The molecule has 0 aromatic carbocycles. The highest BCUT2D eigenvalue weighted by Gasteiger charge is 2.16. The molecule has 4 nitrogen and oxygen atoms in total. The van der Waals surface area contributed by atoms with Crippen LogP contribution >= 0.6 is 11.3 Å². The van der Waals surface area contributed by atoms with Crippen LogP contribution in [-0.2, 0) is 17.8 Å². The van der Waals surface area contributed by atoms with E-state index in [1.54, 1.807) is 11.3 Å². The molecule has 1 aliphatic rings. The highest BCUT2D eigenvalue weighted by atomic mass is 32.1. The SMILES string of the molecule is Cc1ccsc1CNc1cnn(CC2CCCO2)c1. The summed E-state index contributed by atoms with van der Waals surface area (Å²) in [5.74, 6) is 0. The van der Waals surface area contributed by atoms with Crippen molar-refractivity contribution >= 4 is 17.0 Å². The molecule has 0 aliphatic carbocycles. The Hall–Kier alpha value is -1.33. The monoisotopic (exact) mass is 277 g/mol. The van der Waals surface area contributed by atoms with Crippen molar-refractivity contribution in [2.24, 2.45) is 0 Å². The second-order valence-corrected chi connectivity index (χ2v) is 5.97. The van der Waals surface area contributed by atoms with Gasteiger partial charge in [0.25, 0.3) is 0 Å². The molecule has 3 rings (SSSR count). The van der Waals surface area contributed by atoms with Crippen LogP contribution < -0.4 is 5.32 Å². The van der Waals surface area contributed by atoms with Crippen LogP contribution in [0.4, 0.5) is 5.69 Å². The number of nitrogens with one attached hydrogen (secondary N) is 1. The summed E-state index contributed by atoms with van der Waals surface area (Å²) in [5.41, 5.74) is 2.43. The first-order valence-corrected chi connectivity index (χ1v) is 7.60. The van der Waals surface area contributed by atoms with Crippen molar-refractivity contribution in [3.8, 4) is 0 Å². The van der Waals surface area contributed by atoms with Gasteiger partial charge in [-0.1, -0.05) is 0 Å². The molecule has 2 aromatic rings. The fourth-order valence-electron chi connectivity index (χ4n) is 2.32. The van der Waals surface area contributed by atoms with Gasteiger partial charge < -0.3 is 10.1 Å². The van der Waals surface area contributed by atoms with Gasteiger partial charge in [-0.25, -0.2) is 0 Å². The first-order valence-electron chi connectivity index (χ1n) is 6.72. The number of aromatic nitrogens is 2. The zero-order valence-corrected chi connectivity index (χ0v) is 11.9. The highest BCUT2D eigenvalue weighted by molar-refractivity contribution is 7.10. The third-order valence-corrected chi connectivity index (χ3v) is 4.49. The number of hydrogen-bond donors (Lipinski definition) is 1. The summed E-state index contributed by atoms with van der Waals surface area (Å²) in [6.45, 7) is 4.78. The lowest BCUT2D eigenvalue weighted by molar-refractivity contribution is 0.0940. The van der Waals surface area contributed by atoms with Crippen molar-refractivity contribution in [3.05, 3.63) is 34.3 Å². The van der Waals surface area contributed by atoms with Crippen LogP contribution in [-0.4, -0.2) is 22.5 Å². The van der Waals surface area contributed by atoms with Crippen molar-refractivity contribution in [2.75, 3.05) is 11.9 Å². The molecule has 1 unspecified atom stereocenters. The van der Waals surface area contributed by atoms with Crippen LogP contribution in [0.15, 0.2) is 23.8 Å². The normalized spacial score (nSPS) is 18.9. The molecule has 102 valence electrons. The van der Waals surface area contributed by atoms with Crippen molar-refractivity contribution in [1.82, 2.24) is 9.78 Å². The molecule has 0 saturated carbocycles. The predicted molar refractivity (Wildman–Crippen MR) is 77.6 cm³/mol. The van der Waals surface area contributed by atoms with Crippen molar-refractivity contribution in [2.45, 2.75) is 39.0 Å². The number of thiophene rings is 1. The van der Waals surface area contributed by atoms with Gasteiger partial charge in [0.05, 0.1) is 24.5 Å². The molecule has 0 amide bonds. The Bertz CT molecular complexity index is 528. The van der Waals surface area contributed by atoms with Gasteiger partial charge in [-0.05, 0) is 36.8 Å². The van der Waals surface area contributed by atoms with Crippen LogP contribution in [0.1, 0.15) is 23.3 Å². The second kappa shape index (κ2) is 5.75. The molecule has 0 bridgehead atoms. The molecule has 0 radical (unpaired) electrons. The Labute approximate surface area is 117 Å². The first kappa shape index (κ1) is 12.7. The number of ether oxygens (including phenoxy) is 1. The lowest BCUT2D eigenvalue weighted by Gasteiger charge is -2.08. The summed E-state index contributed by atoms with van der Waals surface area (Å²) in [4.78, 5) is 1.38. The number of anilines is 1. The third-order valence-electron chi connectivity index (χ3n) is 3.47. The van der Waals surface area contributed by atoms with E-state index in [2.05, 4.69) is 35.0 Å². The molecular weight excluding hydrogens is 258 g/mol. The van der Waals surface area contributed by atoms with Gasteiger partial charge in [0.1, 0.15) is 0 Å². The largest absolute Gasteiger partial charge is 0.378 e. The van der Waals surface area contributed by atoms with E-state index < -0.39 is 0 Å². The number of rotatable bonds is 5. The average Bonchev–Trinajstić information content (AvgIpc) is 3.10. The van der Waals surface area contributed by atoms with E-state index in [1.807, 2.05) is 10.9 Å². The summed E-state index contributed by atoms with van der Waals surface area (Å²) in [6, 6.07) is 2.16. The molecule has 1 saturated heterocycles. The summed E-state index contributed by atoms with van der Waals surface area (Å²) in [6.07, 6.45) is 6.61. The maximum atomic E-state index is 5.62. The Morgan fingerprint density at radius 3 is 3.26 bits per heavy atom. The first-order chi connectivity index (χ1) is 9.31. The minimum absolute atomic E-state index is 0.340. The molecule has 1 atom stereocenters. The minimum Gasteiger partial charge on any atom is -0.378 e. The summed E-state index contributed by atoms with van der Waals surface area (Å²) in [5, 5.41) is 9.93. The Kier molecular flexibility index (Phi) is 3.84. The Balaban J connectivity index is 1.54. The zero-order chi connectivity index (χ0) is 13.1. The maximum absolute atomic E-state index is 5.62. The minimum atomic E-state index is 0.340. The molecule has 1 aliphatic heterocycles. The fraction of sp³-hybridized carbons (Fsp3) is 0.500. The van der Waals surface area contributed by atoms with E-state index in [4.69, 9.17) is 4.74 Å². The molecule has 19 heavy (non-hydrogen) atoms. The predicted octanol–water partition coefficient (Wildman–Crippen LogP) is 3.04. The molecule has 5 heteroatoms. The average molecular weight is 277 g/mol. The summed E-state index contributed by atoms with van der Waals surface area (Å²) < 4.78 is 7.59. The molecule has 1 fully saturated rings. The van der Waals surface area contributed by atoms with E-state index in [0.717, 1.165) is 31.8 Å². The molecule has 1 N–H and O–H groups in total. The van der Waals surface area contributed by atoms with E-state index in [-0.39, 0.29) is 0 Å². The van der Waals surface area contributed by atoms with Gasteiger partial charge in [-0.15, -0.1) is 11.3 Å². The Morgan fingerprint density at radius 2 is 2.53 bits per heavy atom. The Morgan fingerprint density at radius 1 is 1.58 bits per heavy atom. The second-order valence-electron chi connectivity index (χ2n) is 4.97. The third kappa shape index (κ3) is 3.16. The topological polar surface area (TPSA) is 39.1 Å². The fourth-order valence-corrected chi connectivity index (χ4v) is 3.17. The van der Waals surface area contributed by atoms with Gasteiger partial charge in [-0.2, -0.15) is 5.10 Å². The van der Waals surface area contributed by atoms with Gasteiger partial charge in [0.2, 0.25) is 0 Å². The van der Waals surface area contributed by atoms with E-state index in [0.29, 0.717) is 6.10 Å². The summed E-state index contributed by atoms with van der Waals surface area (Å²) >= 11 is 1.79. The van der Waals surface area contributed by atoms with Crippen LogP contribution in [0.3, 0.4) is 0 Å². The van der Waals surface area contributed by atoms with Crippen molar-refractivity contribution in [1.29, 1.82) is 0 Å². The lowest BCUT2D eigenvalue weighted by Crippen LogP contribution is -2.15. The van der Waals surface area contributed by atoms with Crippen LogP contribution in [0.5, 0.6) is 0 Å². The molecule has 2 aromatic heterocycles. The van der Waals surface area contributed by atoms with Crippen LogP contribution in [0.25, 0.3) is 0 Å². The van der Waals surface area contributed by atoms with Gasteiger partial charge in [0.15, 0.2) is 0 Å². The molecule has 3 heterocycles. The molecule has 0 spiro atoms. The van der Waals surface area contributed by atoms with Gasteiger partial charge >= 0.3 is 0 Å². The van der Waals surface area contributed by atoms with Crippen molar-refractivity contribution in [3.63, 3.8) is 0 Å². The standard InChI is InChI=1S/C14H19N3OS/c1-11-4-6-19-14(11)8-15-12-7-16-17(9-12)10-13-3-2-5-18-13/h4,6-7,9,13,15H,2-3,5,8,10H2,1H3. The maximum Gasteiger partial charge on any atom is 0.0771 e. The highest BCUT2D eigenvalue weighted by Crippen LogP contribution is 2.18. The lowest BCUT2D eigenvalue weighted by atomic mass is 10.2. The zero-order valence-electron chi connectivity index (χ0n) is 11.1. The molecular formula is C14H19N3OS. The van der Waals surface area contributed by atoms with Crippen molar-refractivity contribution < 1.29 is 4.74 Å². The van der Waals surface area contributed by atoms with E-state index in [9.17, 15) is 0 Å². The van der Waals surface area contributed by atoms with Crippen LogP contribution in [0.2, 0.25) is 0 Å². The number of hydrogen-bond acceptors (Lipinski definition) is 4. The number of aryl methyl sites for hydroxylation is 1. The smallest absolute Gasteiger partial charge is 0.0771 e. The quantitative estimate of drug-likeness (QED) is 0.913. The van der Waals surface area contributed by atoms with Crippen LogP contribution in [0, 0.1) is 6.92 Å².